The van der Waals surface area contributed by atoms with Gasteiger partial charge in [0.15, 0.2) is 0 Å². The molecule has 1 amide bonds. The lowest BCUT2D eigenvalue weighted by molar-refractivity contribution is -0.120. The molecule has 0 aliphatic rings. The van der Waals surface area contributed by atoms with E-state index in [0.717, 1.165) is 12.0 Å². The molecule has 4 heteroatoms. The van der Waals surface area contributed by atoms with Gasteiger partial charge in [0, 0.05) is 6.54 Å². The van der Waals surface area contributed by atoms with Crippen LogP contribution in [0.1, 0.15) is 36.2 Å². The summed E-state index contributed by atoms with van der Waals surface area (Å²) >= 11 is 0. The molecule has 0 heterocycles. The fourth-order valence-electron chi connectivity index (χ4n) is 1.51. The first-order valence-electron chi connectivity index (χ1n) is 6.08. The van der Waals surface area contributed by atoms with E-state index in [0.29, 0.717) is 12.5 Å². The molecule has 98 valence electrons. The first-order chi connectivity index (χ1) is 8.49. The normalized spacial score (nSPS) is 10.4. The number of carboxylic acid groups (broad SMARTS) is 1. The van der Waals surface area contributed by atoms with Gasteiger partial charge >= 0.3 is 5.97 Å². The average Bonchev–Trinajstić information content (AvgIpc) is 2.29. The number of benzene rings is 1. The zero-order valence-corrected chi connectivity index (χ0v) is 10.8. The summed E-state index contributed by atoms with van der Waals surface area (Å²) in [5.74, 6) is -0.415. The van der Waals surface area contributed by atoms with E-state index in [4.69, 9.17) is 5.11 Å². The van der Waals surface area contributed by atoms with E-state index in [1.54, 1.807) is 12.1 Å². The van der Waals surface area contributed by atoms with Crippen LogP contribution in [0.15, 0.2) is 24.3 Å². The van der Waals surface area contributed by atoms with Crippen LogP contribution in [0.4, 0.5) is 0 Å². The van der Waals surface area contributed by atoms with Crippen LogP contribution in [-0.2, 0) is 11.2 Å². The average molecular weight is 249 g/mol. The third kappa shape index (κ3) is 4.99. The van der Waals surface area contributed by atoms with E-state index >= 15 is 0 Å². The van der Waals surface area contributed by atoms with Crippen LogP contribution in [0.25, 0.3) is 0 Å². The minimum atomic E-state index is -0.956. The Morgan fingerprint density at radius 1 is 1.22 bits per heavy atom. The number of aromatic carboxylic acids is 1. The van der Waals surface area contributed by atoms with Crippen LogP contribution in [-0.4, -0.2) is 23.5 Å². The van der Waals surface area contributed by atoms with Gasteiger partial charge in [-0.25, -0.2) is 4.79 Å². The molecule has 0 saturated heterocycles. The highest BCUT2D eigenvalue weighted by atomic mass is 16.4. The number of hydrogen-bond donors (Lipinski definition) is 2. The lowest BCUT2D eigenvalue weighted by Crippen LogP contribution is -2.26. The molecule has 0 unspecified atom stereocenters. The van der Waals surface area contributed by atoms with Gasteiger partial charge < -0.3 is 10.4 Å². The molecule has 18 heavy (non-hydrogen) atoms. The number of nitrogens with one attached hydrogen (secondary N) is 1. The van der Waals surface area contributed by atoms with E-state index < -0.39 is 5.97 Å². The molecular formula is C14H19NO3. The lowest BCUT2D eigenvalue weighted by atomic mass is 10.1. The molecule has 1 aromatic rings. The summed E-state index contributed by atoms with van der Waals surface area (Å²) < 4.78 is 0. The number of hydrogen-bond acceptors (Lipinski definition) is 2. The van der Waals surface area contributed by atoms with Gasteiger partial charge in [-0.05, 0) is 30.0 Å². The molecule has 2 N–H and O–H groups in total. The summed E-state index contributed by atoms with van der Waals surface area (Å²) in [4.78, 5) is 22.2. The van der Waals surface area contributed by atoms with Gasteiger partial charge in [-0.1, -0.05) is 26.0 Å². The smallest absolute Gasteiger partial charge is 0.335 e. The summed E-state index contributed by atoms with van der Waals surface area (Å²) in [6.07, 6.45) is 1.25. The van der Waals surface area contributed by atoms with E-state index in [2.05, 4.69) is 19.2 Å². The van der Waals surface area contributed by atoms with Crippen molar-refractivity contribution in [2.24, 2.45) is 5.92 Å². The SMILES string of the molecule is CC(C)CCNC(=O)Cc1ccc(C(=O)O)cc1. The summed E-state index contributed by atoms with van der Waals surface area (Å²) in [7, 11) is 0. The van der Waals surface area contributed by atoms with Crippen molar-refractivity contribution in [1.29, 1.82) is 0 Å². The van der Waals surface area contributed by atoms with Gasteiger partial charge in [-0.2, -0.15) is 0 Å². The van der Waals surface area contributed by atoms with Crippen LogP contribution in [0, 0.1) is 5.92 Å². The van der Waals surface area contributed by atoms with Crippen molar-refractivity contribution in [3.8, 4) is 0 Å². The molecule has 0 aliphatic carbocycles. The predicted molar refractivity (Wildman–Crippen MR) is 69.6 cm³/mol. The molecule has 0 saturated carbocycles. The minimum Gasteiger partial charge on any atom is -0.478 e. The molecule has 1 rings (SSSR count). The van der Waals surface area contributed by atoms with Gasteiger partial charge in [-0.3, -0.25) is 4.79 Å². The molecule has 4 nitrogen and oxygen atoms in total. The summed E-state index contributed by atoms with van der Waals surface area (Å²) in [5, 5.41) is 11.6. The Morgan fingerprint density at radius 3 is 2.33 bits per heavy atom. The maximum atomic E-state index is 11.6. The van der Waals surface area contributed by atoms with Crippen molar-refractivity contribution in [3.05, 3.63) is 35.4 Å². The summed E-state index contributed by atoms with van der Waals surface area (Å²) in [5.41, 5.74) is 1.06. The standard InChI is InChI=1S/C14H19NO3/c1-10(2)7-8-15-13(16)9-11-3-5-12(6-4-11)14(17)18/h3-6,10H,7-9H2,1-2H3,(H,15,16)(H,17,18). The van der Waals surface area contributed by atoms with Crippen LogP contribution < -0.4 is 5.32 Å². The van der Waals surface area contributed by atoms with Gasteiger partial charge in [0.1, 0.15) is 0 Å². The van der Waals surface area contributed by atoms with Crippen molar-refractivity contribution in [2.75, 3.05) is 6.54 Å². The van der Waals surface area contributed by atoms with Crippen LogP contribution in [0.5, 0.6) is 0 Å². The van der Waals surface area contributed by atoms with Gasteiger partial charge in [0.2, 0.25) is 5.91 Å². The molecule has 0 atom stereocenters. The quantitative estimate of drug-likeness (QED) is 0.811. The van der Waals surface area contributed by atoms with Gasteiger partial charge in [0.25, 0.3) is 0 Å². The van der Waals surface area contributed by atoms with Crippen molar-refractivity contribution >= 4 is 11.9 Å². The zero-order chi connectivity index (χ0) is 13.5. The Kier molecular flexibility index (Phi) is 5.36. The van der Waals surface area contributed by atoms with Gasteiger partial charge in [0.05, 0.1) is 12.0 Å². The molecule has 0 aliphatic heterocycles. The largest absolute Gasteiger partial charge is 0.478 e. The Balaban J connectivity index is 2.42. The lowest BCUT2D eigenvalue weighted by Gasteiger charge is -2.07. The fraction of sp³-hybridized carbons (Fsp3) is 0.429. The molecular weight excluding hydrogens is 230 g/mol. The number of carbonyl (C=O) groups is 2. The van der Waals surface area contributed by atoms with E-state index in [1.807, 2.05) is 0 Å². The van der Waals surface area contributed by atoms with Crippen molar-refractivity contribution in [3.63, 3.8) is 0 Å². The number of carbonyl (C=O) groups excluding carboxylic acids is 1. The van der Waals surface area contributed by atoms with E-state index in [9.17, 15) is 9.59 Å². The Bertz CT molecular complexity index is 410. The molecule has 0 aromatic heterocycles. The summed E-state index contributed by atoms with van der Waals surface area (Å²) in [6.45, 7) is 4.90. The minimum absolute atomic E-state index is 0.0290. The van der Waals surface area contributed by atoms with Crippen LogP contribution in [0.2, 0.25) is 0 Å². The number of amides is 1. The second-order valence-corrected chi connectivity index (χ2v) is 4.71. The van der Waals surface area contributed by atoms with Crippen molar-refractivity contribution in [2.45, 2.75) is 26.7 Å². The number of rotatable bonds is 6. The second kappa shape index (κ2) is 6.79. The molecule has 0 spiro atoms. The van der Waals surface area contributed by atoms with Crippen LogP contribution in [0.3, 0.4) is 0 Å². The maximum Gasteiger partial charge on any atom is 0.335 e. The monoisotopic (exact) mass is 249 g/mol. The summed E-state index contributed by atoms with van der Waals surface area (Å²) in [6, 6.07) is 6.37. The molecule has 0 bridgehead atoms. The first kappa shape index (κ1) is 14.2. The Labute approximate surface area is 107 Å². The third-order valence-corrected chi connectivity index (χ3v) is 2.61. The van der Waals surface area contributed by atoms with Crippen LogP contribution >= 0.6 is 0 Å². The molecule has 0 radical (unpaired) electrons. The van der Waals surface area contributed by atoms with E-state index in [-0.39, 0.29) is 17.9 Å². The zero-order valence-electron chi connectivity index (χ0n) is 10.8. The highest BCUT2D eigenvalue weighted by Gasteiger charge is 2.05. The fourth-order valence-corrected chi connectivity index (χ4v) is 1.51. The second-order valence-electron chi connectivity index (χ2n) is 4.71. The van der Waals surface area contributed by atoms with Crippen molar-refractivity contribution in [1.82, 2.24) is 5.32 Å². The third-order valence-electron chi connectivity index (χ3n) is 2.61. The van der Waals surface area contributed by atoms with Crippen molar-refractivity contribution < 1.29 is 14.7 Å². The Morgan fingerprint density at radius 2 is 1.83 bits per heavy atom. The first-order valence-corrected chi connectivity index (χ1v) is 6.08. The molecule has 0 fully saturated rings. The maximum absolute atomic E-state index is 11.6. The van der Waals surface area contributed by atoms with Gasteiger partial charge in [-0.15, -0.1) is 0 Å². The highest BCUT2D eigenvalue weighted by Crippen LogP contribution is 2.05. The highest BCUT2D eigenvalue weighted by molar-refractivity contribution is 5.87. The molecule has 1 aromatic carbocycles. The topological polar surface area (TPSA) is 66.4 Å². The Hall–Kier alpha value is -1.84. The number of carboxylic acids is 1. The predicted octanol–water partition coefficient (Wildman–Crippen LogP) is 2.09. The van der Waals surface area contributed by atoms with E-state index in [1.165, 1.54) is 12.1 Å².